The van der Waals surface area contributed by atoms with Crippen molar-refractivity contribution < 1.29 is 18.3 Å². The Labute approximate surface area is 268 Å². The monoisotopic (exact) mass is 616 g/mol. The predicted molar refractivity (Wildman–Crippen MR) is 180 cm³/mol. The molecule has 242 valence electrons. The molecule has 0 spiro atoms. The molecule has 2 fully saturated rings. The lowest BCUT2D eigenvalue weighted by Gasteiger charge is -2.26. The van der Waals surface area contributed by atoms with E-state index in [0.717, 1.165) is 72.2 Å². The number of hydrogen-bond acceptors (Lipinski definition) is 3. The van der Waals surface area contributed by atoms with Gasteiger partial charge < -0.3 is 10.1 Å². The summed E-state index contributed by atoms with van der Waals surface area (Å²) in [6, 6.07) is 13.0. The van der Waals surface area contributed by atoms with Crippen molar-refractivity contribution >= 4 is 11.6 Å². The molecule has 45 heavy (non-hydrogen) atoms. The number of hydrogen-bond donors (Lipinski definition) is 1. The first-order valence-corrected chi connectivity index (χ1v) is 17.1. The number of nitrogens with zero attached hydrogens (tertiary/aromatic N) is 1. The highest BCUT2D eigenvalue weighted by Crippen LogP contribution is 2.48. The largest absolute Gasteiger partial charge is 0.494 e. The molecule has 4 nitrogen and oxygen atoms in total. The number of aryl methyl sites for hydroxylation is 3. The Morgan fingerprint density at radius 1 is 0.933 bits per heavy atom. The molecule has 1 saturated carbocycles. The van der Waals surface area contributed by atoms with Crippen LogP contribution in [0, 0.1) is 18.6 Å². The molecule has 1 heterocycles. The maximum absolute atomic E-state index is 15.9. The highest BCUT2D eigenvalue weighted by molar-refractivity contribution is 5.94. The Morgan fingerprint density at radius 3 is 2.22 bits per heavy atom. The van der Waals surface area contributed by atoms with Crippen LogP contribution in [0.4, 0.5) is 14.5 Å². The first-order valence-electron chi connectivity index (χ1n) is 17.1. The van der Waals surface area contributed by atoms with E-state index < -0.39 is 0 Å². The average Bonchev–Trinajstić information content (AvgIpc) is 3.79. The number of halogens is 2. The maximum atomic E-state index is 15.9. The number of likely N-dealkylation sites (tertiary alicyclic amines) is 1. The second-order valence-corrected chi connectivity index (χ2v) is 13.2. The summed E-state index contributed by atoms with van der Waals surface area (Å²) in [5, 5.41) is 3.21. The van der Waals surface area contributed by atoms with E-state index in [1.54, 1.807) is 12.1 Å². The van der Waals surface area contributed by atoms with Gasteiger partial charge in [0.2, 0.25) is 5.91 Å². The van der Waals surface area contributed by atoms with Crippen LogP contribution >= 0.6 is 0 Å². The van der Waals surface area contributed by atoms with Crippen LogP contribution in [0.25, 0.3) is 0 Å². The van der Waals surface area contributed by atoms with Crippen molar-refractivity contribution in [2.45, 2.75) is 110 Å². The lowest BCUT2D eigenvalue weighted by Crippen LogP contribution is -2.34. The quantitative estimate of drug-likeness (QED) is 0.208. The van der Waals surface area contributed by atoms with Crippen LogP contribution in [0.5, 0.6) is 5.75 Å². The van der Waals surface area contributed by atoms with E-state index >= 15 is 8.78 Å². The molecule has 2 aliphatic rings. The normalized spacial score (nSPS) is 19.1. The van der Waals surface area contributed by atoms with E-state index in [-0.39, 0.29) is 42.0 Å². The number of ether oxygens (including phenoxy) is 1. The van der Waals surface area contributed by atoms with E-state index in [1.807, 2.05) is 30.0 Å². The van der Waals surface area contributed by atoms with Crippen molar-refractivity contribution in [1.29, 1.82) is 0 Å². The third-order valence-corrected chi connectivity index (χ3v) is 9.78. The van der Waals surface area contributed by atoms with E-state index in [0.29, 0.717) is 36.6 Å². The van der Waals surface area contributed by atoms with Crippen LogP contribution in [-0.2, 0) is 17.6 Å². The summed E-state index contributed by atoms with van der Waals surface area (Å²) in [5.41, 5.74) is 7.37. The van der Waals surface area contributed by atoms with E-state index in [2.05, 4.69) is 52.1 Å². The molecular weight excluding hydrogens is 566 g/mol. The fraction of sp³-hybridized carbons (Fsp3) is 0.513. The Kier molecular flexibility index (Phi) is 10.6. The van der Waals surface area contributed by atoms with Gasteiger partial charge in [0.1, 0.15) is 17.4 Å². The van der Waals surface area contributed by atoms with Crippen LogP contribution in [0.2, 0.25) is 0 Å². The van der Waals surface area contributed by atoms with Gasteiger partial charge in [0.15, 0.2) is 0 Å². The summed E-state index contributed by atoms with van der Waals surface area (Å²) in [5.74, 6) is 0.543. The fourth-order valence-electron chi connectivity index (χ4n) is 7.26. The standard InChI is InChI=1S/C39H50F2N2O2/c1-7-11-25(6)29-14-15-31(34(40)18-29)36-19-30(32-21-37(45-10-4)33(20-35(32)41)28-12-13-28)22-43(36)23-38(44)42-39-26(8-2)16-24(5)17-27(39)9-3/h14-18,20-21,25,28,30,36H,7-13,19,22-23H2,1-6H3,(H,42,44). The molecule has 5 rings (SSSR count). The Morgan fingerprint density at radius 2 is 1.62 bits per heavy atom. The summed E-state index contributed by atoms with van der Waals surface area (Å²) < 4.78 is 37.7. The van der Waals surface area contributed by atoms with Gasteiger partial charge >= 0.3 is 0 Å². The maximum Gasteiger partial charge on any atom is 0.238 e. The first-order chi connectivity index (χ1) is 21.7. The van der Waals surface area contributed by atoms with Crippen LogP contribution in [0.1, 0.15) is 129 Å². The molecule has 0 bridgehead atoms. The van der Waals surface area contributed by atoms with Crippen LogP contribution in [0.15, 0.2) is 42.5 Å². The molecule has 0 radical (unpaired) electrons. The molecule has 0 aromatic heterocycles. The lowest BCUT2D eigenvalue weighted by molar-refractivity contribution is -0.117. The van der Waals surface area contributed by atoms with E-state index in [4.69, 9.17) is 4.74 Å². The minimum absolute atomic E-state index is 0.0921. The van der Waals surface area contributed by atoms with Gasteiger partial charge in [0.05, 0.1) is 13.2 Å². The minimum atomic E-state index is -0.358. The molecule has 3 atom stereocenters. The predicted octanol–water partition coefficient (Wildman–Crippen LogP) is 9.75. The van der Waals surface area contributed by atoms with Gasteiger partial charge in [-0.15, -0.1) is 0 Å². The molecule has 1 aliphatic heterocycles. The second kappa shape index (κ2) is 14.5. The average molecular weight is 617 g/mol. The van der Waals surface area contributed by atoms with Crippen LogP contribution in [0.3, 0.4) is 0 Å². The van der Waals surface area contributed by atoms with Crippen LogP contribution in [-0.4, -0.2) is 30.5 Å². The molecule has 1 N–H and O–H groups in total. The fourth-order valence-corrected chi connectivity index (χ4v) is 7.26. The van der Waals surface area contributed by atoms with Crippen molar-refractivity contribution in [2.24, 2.45) is 0 Å². The summed E-state index contributed by atoms with van der Waals surface area (Å²) >= 11 is 0. The van der Waals surface area contributed by atoms with E-state index in [9.17, 15) is 4.79 Å². The van der Waals surface area contributed by atoms with Gasteiger partial charge in [-0.3, -0.25) is 9.69 Å². The van der Waals surface area contributed by atoms with Crippen molar-refractivity contribution in [3.05, 3.63) is 93.0 Å². The third-order valence-electron chi connectivity index (χ3n) is 9.78. The van der Waals surface area contributed by atoms with Gasteiger partial charge in [-0.25, -0.2) is 8.78 Å². The molecule has 3 aromatic rings. The number of nitrogens with one attached hydrogen (secondary N) is 1. The number of benzene rings is 3. The van der Waals surface area contributed by atoms with Crippen LogP contribution < -0.4 is 10.1 Å². The van der Waals surface area contributed by atoms with E-state index in [1.165, 1.54) is 5.56 Å². The minimum Gasteiger partial charge on any atom is -0.494 e. The zero-order valence-electron chi connectivity index (χ0n) is 27.9. The van der Waals surface area contributed by atoms with Gasteiger partial charge in [0, 0.05) is 35.3 Å². The molecule has 3 aromatic carbocycles. The number of carbonyl (C=O) groups is 1. The topological polar surface area (TPSA) is 41.6 Å². The number of amides is 1. The zero-order chi connectivity index (χ0) is 32.2. The Hall–Kier alpha value is -3.25. The number of carbonyl (C=O) groups excluding carboxylic acids is 1. The first kappa shape index (κ1) is 33.1. The Balaban J connectivity index is 1.46. The zero-order valence-corrected chi connectivity index (χ0v) is 27.9. The summed E-state index contributed by atoms with van der Waals surface area (Å²) in [7, 11) is 0. The third kappa shape index (κ3) is 7.43. The van der Waals surface area contributed by atoms with Crippen molar-refractivity contribution in [1.82, 2.24) is 4.90 Å². The molecule has 6 heteroatoms. The highest BCUT2D eigenvalue weighted by atomic mass is 19.1. The molecule has 1 amide bonds. The second-order valence-electron chi connectivity index (χ2n) is 13.2. The van der Waals surface area contributed by atoms with Gasteiger partial charge in [-0.2, -0.15) is 0 Å². The molecule has 1 saturated heterocycles. The Bertz CT molecular complexity index is 1490. The molecule has 3 unspecified atom stereocenters. The highest BCUT2D eigenvalue weighted by Gasteiger charge is 2.38. The smallest absolute Gasteiger partial charge is 0.238 e. The van der Waals surface area contributed by atoms with Crippen molar-refractivity contribution in [3.8, 4) is 5.75 Å². The van der Waals surface area contributed by atoms with Crippen molar-refractivity contribution in [2.75, 3.05) is 25.0 Å². The SMILES string of the molecule is CCCC(C)c1ccc(C2CC(c3cc(OCC)c(C4CC4)cc3F)CN2CC(=O)Nc2c(CC)cc(C)cc2CC)c(F)c1. The van der Waals surface area contributed by atoms with Gasteiger partial charge in [-0.05, 0) is 105 Å². The summed E-state index contributed by atoms with van der Waals surface area (Å²) in [6.45, 7) is 13.5. The molecular formula is C39H50F2N2O2. The lowest BCUT2D eigenvalue weighted by atomic mass is 9.90. The molecule has 1 aliphatic carbocycles. The number of rotatable bonds is 13. The van der Waals surface area contributed by atoms with Crippen molar-refractivity contribution in [3.63, 3.8) is 0 Å². The summed E-state index contributed by atoms with van der Waals surface area (Å²) in [6.07, 6.45) is 6.28. The van der Waals surface area contributed by atoms with Gasteiger partial charge in [0.25, 0.3) is 0 Å². The number of anilines is 1. The summed E-state index contributed by atoms with van der Waals surface area (Å²) in [4.78, 5) is 15.7. The van der Waals surface area contributed by atoms with Gasteiger partial charge in [-0.1, -0.05) is 63.9 Å².